The van der Waals surface area contributed by atoms with Crippen LogP contribution in [0.25, 0.3) is 11.1 Å². The zero-order valence-electron chi connectivity index (χ0n) is 14.0. The van der Waals surface area contributed by atoms with Crippen LogP contribution in [0.2, 0.25) is 0 Å². The van der Waals surface area contributed by atoms with Gasteiger partial charge in [0.05, 0.1) is 12.2 Å². The minimum atomic E-state index is 0.232. The molecule has 2 aromatic carbocycles. The molecule has 2 unspecified atom stereocenters. The lowest BCUT2D eigenvalue weighted by molar-refractivity contribution is 0.217. The van der Waals surface area contributed by atoms with Crippen LogP contribution in [0.5, 0.6) is 11.5 Å². The van der Waals surface area contributed by atoms with E-state index in [-0.39, 0.29) is 12.2 Å². The molecule has 22 heavy (non-hydrogen) atoms. The van der Waals surface area contributed by atoms with Gasteiger partial charge < -0.3 is 9.47 Å². The van der Waals surface area contributed by atoms with E-state index < -0.39 is 0 Å². The lowest BCUT2D eigenvalue weighted by atomic mass is 10.1. The van der Waals surface area contributed by atoms with E-state index in [2.05, 4.69) is 52.0 Å². The molecule has 0 aliphatic carbocycles. The van der Waals surface area contributed by atoms with Crippen molar-refractivity contribution < 1.29 is 9.47 Å². The lowest BCUT2D eigenvalue weighted by Gasteiger charge is -2.15. The zero-order chi connectivity index (χ0) is 15.9. The van der Waals surface area contributed by atoms with Gasteiger partial charge >= 0.3 is 0 Å². The third-order valence-electron chi connectivity index (χ3n) is 3.83. The summed E-state index contributed by atoms with van der Waals surface area (Å²) in [5.74, 6) is 1.83. The minimum Gasteiger partial charge on any atom is -0.491 e. The Hall–Kier alpha value is -1.96. The van der Waals surface area contributed by atoms with Crippen molar-refractivity contribution in [2.45, 2.75) is 52.7 Å². The predicted octanol–water partition coefficient (Wildman–Crippen LogP) is 5.71. The molecule has 0 saturated carbocycles. The fourth-order valence-corrected chi connectivity index (χ4v) is 2.13. The lowest BCUT2D eigenvalue weighted by Crippen LogP contribution is -2.09. The first kappa shape index (κ1) is 16.4. The molecular formula is C20H26O2. The molecule has 0 spiro atoms. The van der Waals surface area contributed by atoms with Gasteiger partial charge in [-0.15, -0.1) is 0 Å². The molecule has 2 aromatic rings. The highest BCUT2D eigenvalue weighted by Gasteiger charge is 2.06. The summed E-state index contributed by atoms with van der Waals surface area (Å²) in [4.78, 5) is 0. The Kier molecular flexibility index (Phi) is 5.88. The molecule has 2 atom stereocenters. The maximum absolute atomic E-state index is 5.91. The van der Waals surface area contributed by atoms with E-state index in [1.54, 1.807) is 0 Å². The Morgan fingerprint density at radius 2 is 1.14 bits per heavy atom. The Labute approximate surface area is 134 Å². The minimum absolute atomic E-state index is 0.232. The SMILES string of the molecule is CCC(C)Oc1cccc(-c2cccc(OC(C)CC)c2)c1. The first-order chi connectivity index (χ1) is 10.6. The summed E-state index contributed by atoms with van der Waals surface area (Å²) in [6.45, 7) is 8.44. The number of hydrogen-bond acceptors (Lipinski definition) is 2. The second-order valence-corrected chi connectivity index (χ2v) is 5.73. The molecule has 0 radical (unpaired) electrons. The number of benzene rings is 2. The molecule has 0 aliphatic rings. The van der Waals surface area contributed by atoms with Gasteiger partial charge in [-0.3, -0.25) is 0 Å². The zero-order valence-corrected chi connectivity index (χ0v) is 14.0. The summed E-state index contributed by atoms with van der Waals surface area (Å²) < 4.78 is 11.8. The summed E-state index contributed by atoms with van der Waals surface area (Å²) in [7, 11) is 0. The number of hydrogen-bond donors (Lipinski definition) is 0. The molecule has 2 rings (SSSR count). The third-order valence-corrected chi connectivity index (χ3v) is 3.83. The van der Waals surface area contributed by atoms with E-state index in [0.29, 0.717) is 0 Å². The predicted molar refractivity (Wildman–Crippen MR) is 92.6 cm³/mol. The maximum Gasteiger partial charge on any atom is 0.120 e. The standard InChI is InChI=1S/C20H26O2/c1-5-15(3)21-19-11-7-9-17(13-19)18-10-8-12-20(14-18)22-16(4)6-2/h7-16H,5-6H2,1-4H3. The van der Waals surface area contributed by atoms with Crippen LogP contribution in [0.4, 0.5) is 0 Å². The smallest absolute Gasteiger partial charge is 0.120 e. The van der Waals surface area contributed by atoms with Gasteiger partial charge in [-0.25, -0.2) is 0 Å². The molecule has 2 nitrogen and oxygen atoms in total. The summed E-state index contributed by atoms with van der Waals surface area (Å²) in [5, 5.41) is 0. The summed E-state index contributed by atoms with van der Waals surface area (Å²) in [6, 6.07) is 16.5. The average Bonchev–Trinajstić information content (AvgIpc) is 2.55. The van der Waals surface area contributed by atoms with E-state index in [4.69, 9.17) is 9.47 Å². The summed E-state index contributed by atoms with van der Waals surface area (Å²) in [5.41, 5.74) is 2.30. The van der Waals surface area contributed by atoms with Gasteiger partial charge in [0, 0.05) is 0 Å². The molecule has 2 heteroatoms. The molecule has 0 saturated heterocycles. The fraction of sp³-hybridized carbons (Fsp3) is 0.400. The highest BCUT2D eigenvalue weighted by atomic mass is 16.5. The van der Waals surface area contributed by atoms with Crippen molar-refractivity contribution in [3.63, 3.8) is 0 Å². The van der Waals surface area contributed by atoms with Crippen LogP contribution in [0.1, 0.15) is 40.5 Å². The van der Waals surface area contributed by atoms with Gasteiger partial charge in [0.15, 0.2) is 0 Å². The monoisotopic (exact) mass is 298 g/mol. The van der Waals surface area contributed by atoms with Gasteiger partial charge in [-0.1, -0.05) is 38.1 Å². The number of ether oxygens (including phenoxy) is 2. The number of rotatable bonds is 7. The van der Waals surface area contributed by atoms with E-state index in [0.717, 1.165) is 35.5 Å². The summed E-state index contributed by atoms with van der Waals surface area (Å²) in [6.07, 6.45) is 2.47. The van der Waals surface area contributed by atoms with Crippen LogP contribution < -0.4 is 9.47 Å². The van der Waals surface area contributed by atoms with E-state index >= 15 is 0 Å². The van der Waals surface area contributed by atoms with Crippen LogP contribution in [-0.4, -0.2) is 12.2 Å². The Balaban J connectivity index is 2.20. The van der Waals surface area contributed by atoms with Crippen molar-refractivity contribution in [3.8, 4) is 22.6 Å². The van der Waals surface area contributed by atoms with E-state index in [9.17, 15) is 0 Å². The van der Waals surface area contributed by atoms with Crippen LogP contribution in [0.3, 0.4) is 0 Å². The van der Waals surface area contributed by atoms with E-state index in [1.807, 2.05) is 24.3 Å². The van der Waals surface area contributed by atoms with E-state index in [1.165, 1.54) is 0 Å². The second kappa shape index (κ2) is 7.88. The molecule has 0 aliphatic heterocycles. The largest absolute Gasteiger partial charge is 0.491 e. The molecule has 0 amide bonds. The van der Waals surface area contributed by atoms with Crippen LogP contribution in [-0.2, 0) is 0 Å². The third kappa shape index (κ3) is 4.52. The van der Waals surface area contributed by atoms with Gasteiger partial charge in [0.2, 0.25) is 0 Å². The quantitative estimate of drug-likeness (QED) is 0.652. The Bertz CT molecular complexity index is 538. The van der Waals surface area contributed by atoms with Crippen LogP contribution in [0.15, 0.2) is 48.5 Å². The van der Waals surface area contributed by atoms with Gasteiger partial charge in [0.1, 0.15) is 11.5 Å². The van der Waals surface area contributed by atoms with Gasteiger partial charge in [-0.2, -0.15) is 0 Å². The van der Waals surface area contributed by atoms with Crippen LogP contribution in [0, 0.1) is 0 Å². The molecule has 118 valence electrons. The van der Waals surface area contributed by atoms with Crippen molar-refractivity contribution in [3.05, 3.63) is 48.5 Å². The average molecular weight is 298 g/mol. The Morgan fingerprint density at radius 3 is 1.50 bits per heavy atom. The van der Waals surface area contributed by atoms with Gasteiger partial charge in [0.25, 0.3) is 0 Å². The topological polar surface area (TPSA) is 18.5 Å². The van der Waals surface area contributed by atoms with Crippen molar-refractivity contribution >= 4 is 0 Å². The summed E-state index contributed by atoms with van der Waals surface area (Å²) >= 11 is 0. The molecule has 0 aromatic heterocycles. The first-order valence-corrected chi connectivity index (χ1v) is 8.16. The molecule has 0 heterocycles. The molecule has 0 bridgehead atoms. The maximum atomic E-state index is 5.91. The van der Waals surface area contributed by atoms with Gasteiger partial charge in [-0.05, 0) is 62.1 Å². The van der Waals surface area contributed by atoms with Crippen molar-refractivity contribution in [2.24, 2.45) is 0 Å². The first-order valence-electron chi connectivity index (χ1n) is 8.16. The van der Waals surface area contributed by atoms with Crippen molar-refractivity contribution in [2.75, 3.05) is 0 Å². The van der Waals surface area contributed by atoms with Crippen molar-refractivity contribution in [1.82, 2.24) is 0 Å². The normalized spacial score (nSPS) is 13.5. The molecule has 0 fully saturated rings. The highest BCUT2D eigenvalue weighted by molar-refractivity contribution is 5.66. The molecular weight excluding hydrogens is 272 g/mol. The molecule has 0 N–H and O–H groups in total. The van der Waals surface area contributed by atoms with Crippen molar-refractivity contribution in [1.29, 1.82) is 0 Å². The fourth-order valence-electron chi connectivity index (χ4n) is 2.13. The Morgan fingerprint density at radius 1 is 0.727 bits per heavy atom. The van der Waals surface area contributed by atoms with Crippen LogP contribution >= 0.6 is 0 Å². The highest BCUT2D eigenvalue weighted by Crippen LogP contribution is 2.28. The second-order valence-electron chi connectivity index (χ2n) is 5.73.